The highest BCUT2D eigenvalue weighted by atomic mass is 16.6. The Morgan fingerprint density at radius 1 is 1.22 bits per heavy atom. The second-order valence-corrected chi connectivity index (χ2v) is 6.72. The Hall–Kier alpha value is -0.570. The minimum atomic E-state index is -0.496. The maximum Gasteiger partial charge on any atom is 0.323 e. The molecule has 1 atom stereocenters. The van der Waals surface area contributed by atoms with Gasteiger partial charge in [0.15, 0.2) is 0 Å². The predicted octanol–water partition coefficient (Wildman–Crippen LogP) is 3.12. The third-order valence-electron chi connectivity index (χ3n) is 4.37. The van der Waals surface area contributed by atoms with Gasteiger partial charge in [0.2, 0.25) is 0 Å². The molecule has 0 aliphatic heterocycles. The predicted molar refractivity (Wildman–Crippen MR) is 74.1 cm³/mol. The van der Waals surface area contributed by atoms with Crippen LogP contribution in [-0.2, 0) is 9.53 Å². The van der Waals surface area contributed by atoms with Crippen molar-refractivity contribution in [2.45, 2.75) is 71.9 Å². The smallest absolute Gasteiger partial charge is 0.323 e. The number of esters is 1. The minimum absolute atomic E-state index is 0.133. The third-order valence-corrected chi connectivity index (χ3v) is 4.37. The molecule has 0 saturated heterocycles. The van der Waals surface area contributed by atoms with Crippen molar-refractivity contribution in [3.8, 4) is 0 Å². The van der Waals surface area contributed by atoms with E-state index in [1.807, 2.05) is 13.8 Å². The van der Waals surface area contributed by atoms with E-state index in [0.29, 0.717) is 0 Å². The monoisotopic (exact) mass is 255 g/mol. The van der Waals surface area contributed by atoms with Gasteiger partial charge in [0.1, 0.15) is 11.6 Å². The Morgan fingerprint density at radius 2 is 1.72 bits per heavy atom. The van der Waals surface area contributed by atoms with Crippen molar-refractivity contribution in [1.29, 1.82) is 0 Å². The van der Waals surface area contributed by atoms with Gasteiger partial charge in [-0.1, -0.05) is 27.7 Å². The molecule has 0 spiro atoms. The van der Waals surface area contributed by atoms with Crippen molar-refractivity contribution in [1.82, 2.24) is 0 Å². The maximum atomic E-state index is 11.9. The molecule has 3 nitrogen and oxygen atoms in total. The Morgan fingerprint density at radius 3 is 2.11 bits per heavy atom. The van der Waals surface area contributed by atoms with Gasteiger partial charge < -0.3 is 10.5 Å². The minimum Gasteiger partial charge on any atom is -0.458 e. The quantitative estimate of drug-likeness (QED) is 0.785. The topological polar surface area (TPSA) is 52.3 Å². The van der Waals surface area contributed by atoms with E-state index in [9.17, 15) is 4.79 Å². The maximum absolute atomic E-state index is 11.9. The van der Waals surface area contributed by atoms with E-state index in [0.717, 1.165) is 37.5 Å². The van der Waals surface area contributed by atoms with E-state index < -0.39 is 6.04 Å². The van der Waals surface area contributed by atoms with Gasteiger partial charge in [-0.25, -0.2) is 0 Å². The van der Waals surface area contributed by atoms with Crippen LogP contribution in [0.15, 0.2) is 0 Å². The highest BCUT2D eigenvalue weighted by molar-refractivity contribution is 5.76. The first-order valence-corrected chi connectivity index (χ1v) is 7.23. The van der Waals surface area contributed by atoms with Gasteiger partial charge in [-0.3, -0.25) is 4.79 Å². The van der Waals surface area contributed by atoms with E-state index >= 15 is 0 Å². The Bertz CT molecular complexity index is 278. The molecule has 2 N–H and O–H groups in total. The van der Waals surface area contributed by atoms with Crippen molar-refractivity contribution < 1.29 is 9.53 Å². The van der Waals surface area contributed by atoms with E-state index in [2.05, 4.69) is 20.8 Å². The second-order valence-electron chi connectivity index (χ2n) is 6.72. The Labute approximate surface area is 111 Å². The van der Waals surface area contributed by atoms with Crippen molar-refractivity contribution in [2.24, 2.45) is 23.5 Å². The number of hydrogen-bond acceptors (Lipinski definition) is 3. The summed E-state index contributed by atoms with van der Waals surface area (Å²) in [5.74, 6) is 1.39. The second kappa shape index (κ2) is 6.05. The lowest BCUT2D eigenvalue weighted by Gasteiger charge is -2.39. The van der Waals surface area contributed by atoms with Crippen molar-refractivity contribution >= 4 is 5.97 Å². The van der Waals surface area contributed by atoms with Crippen LogP contribution < -0.4 is 5.73 Å². The molecule has 1 saturated carbocycles. The van der Waals surface area contributed by atoms with Crippen LogP contribution in [0.5, 0.6) is 0 Å². The molecule has 1 fully saturated rings. The zero-order chi connectivity index (χ0) is 13.9. The summed E-state index contributed by atoms with van der Waals surface area (Å²) in [7, 11) is 0. The van der Waals surface area contributed by atoms with Gasteiger partial charge in [0.25, 0.3) is 0 Å². The summed E-state index contributed by atoms with van der Waals surface area (Å²) in [4.78, 5) is 11.9. The molecule has 0 bridgehead atoms. The summed E-state index contributed by atoms with van der Waals surface area (Å²) >= 11 is 0. The molecule has 106 valence electrons. The van der Waals surface area contributed by atoms with Crippen LogP contribution in [0.1, 0.15) is 60.3 Å². The molecule has 3 heteroatoms. The molecule has 0 aromatic rings. The molecule has 1 rings (SSSR count). The van der Waals surface area contributed by atoms with Crippen LogP contribution in [0.3, 0.4) is 0 Å². The van der Waals surface area contributed by atoms with Crippen molar-refractivity contribution in [3.63, 3.8) is 0 Å². The Balaban J connectivity index is 2.50. The van der Waals surface area contributed by atoms with Gasteiger partial charge in [0, 0.05) is 0 Å². The number of nitrogens with two attached hydrogens (primary N) is 1. The van der Waals surface area contributed by atoms with Crippen molar-refractivity contribution in [2.75, 3.05) is 0 Å². The lowest BCUT2D eigenvalue weighted by atomic mass is 9.75. The van der Waals surface area contributed by atoms with Crippen LogP contribution >= 0.6 is 0 Å². The molecule has 0 aromatic heterocycles. The van der Waals surface area contributed by atoms with Crippen LogP contribution in [0.2, 0.25) is 0 Å². The molecule has 1 aliphatic rings. The SMILES string of the molecule is CC(C)C1CCC(C)(OC(=O)[C@H](N)C(C)C)CC1. The summed E-state index contributed by atoms with van der Waals surface area (Å²) in [5, 5.41) is 0. The summed E-state index contributed by atoms with van der Waals surface area (Å²) in [5.41, 5.74) is 5.54. The average molecular weight is 255 g/mol. The molecule has 0 aromatic carbocycles. The molecule has 0 amide bonds. The molecule has 0 heterocycles. The lowest BCUT2D eigenvalue weighted by molar-refractivity contribution is -0.165. The first-order valence-electron chi connectivity index (χ1n) is 7.23. The lowest BCUT2D eigenvalue weighted by Crippen LogP contribution is -2.44. The highest BCUT2D eigenvalue weighted by Crippen LogP contribution is 2.38. The zero-order valence-corrected chi connectivity index (χ0v) is 12.5. The van der Waals surface area contributed by atoms with E-state index in [4.69, 9.17) is 10.5 Å². The molecule has 0 radical (unpaired) electrons. The third kappa shape index (κ3) is 3.98. The van der Waals surface area contributed by atoms with Gasteiger partial charge >= 0.3 is 5.97 Å². The largest absolute Gasteiger partial charge is 0.458 e. The number of carbonyl (C=O) groups is 1. The Kier molecular flexibility index (Phi) is 5.20. The molecule has 0 unspecified atom stereocenters. The molecular formula is C15H29NO2. The zero-order valence-electron chi connectivity index (χ0n) is 12.5. The van der Waals surface area contributed by atoms with Gasteiger partial charge in [-0.15, -0.1) is 0 Å². The fourth-order valence-electron chi connectivity index (χ4n) is 2.60. The van der Waals surface area contributed by atoms with Crippen LogP contribution in [0.4, 0.5) is 0 Å². The van der Waals surface area contributed by atoms with Gasteiger partial charge in [-0.2, -0.15) is 0 Å². The summed E-state index contributed by atoms with van der Waals surface area (Å²) in [6.07, 6.45) is 4.23. The normalized spacial score (nSPS) is 30.6. The standard InChI is InChI=1S/C15H29NO2/c1-10(2)12-6-8-15(5,9-7-12)18-14(17)13(16)11(3)4/h10-13H,6-9,16H2,1-5H3/t12?,13-,15?/m1/s1. The van der Waals surface area contributed by atoms with Crippen LogP contribution in [-0.4, -0.2) is 17.6 Å². The van der Waals surface area contributed by atoms with Crippen LogP contribution in [0, 0.1) is 17.8 Å². The average Bonchev–Trinajstić information content (AvgIpc) is 2.27. The summed E-state index contributed by atoms with van der Waals surface area (Å²) in [6.45, 7) is 10.5. The molecule has 18 heavy (non-hydrogen) atoms. The van der Waals surface area contributed by atoms with Crippen LogP contribution in [0.25, 0.3) is 0 Å². The first kappa shape index (κ1) is 15.5. The number of hydrogen-bond donors (Lipinski definition) is 1. The molecular weight excluding hydrogens is 226 g/mol. The number of carbonyl (C=O) groups excluding carboxylic acids is 1. The first-order chi connectivity index (χ1) is 8.25. The highest BCUT2D eigenvalue weighted by Gasteiger charge is 2.36. The van der Waals surface area contributed by atoms with E-state index in [-0.39, 0.29) is 17.5 Å². The number of ether oxygens (including phenoxy) is 1. The van der Waals surface area contributed by atoms with Crippen molar-refractivity contribution in [3.05, 3.63) is 0 Å². The summed E-state index contributed by atoms with van der Waals surface area (Å²) < 4.78 is 5.67. The molecule has 1 aliphatic carbocycles. The van der Waals surface area contributed by atoms with Gasteiger partial charge in [-0.05, 0) is 50.4 Å². The van der Waals surface area contributed by atoms with E-state index in [1.165, 1.54) is 0 Å². The summed E-state index contributed by atoms with van der Waals surface area (Å²) in [6, 6.07) is -0.496. The van der Waals surface area contributed by atoms with Gasteiger partial charge in [0.05, 0.1) is 0 Å². The fourth-order valence-corrected chi connectivity index (χ4v) is 2.60. The fraction of sp³-hybridized carbons (Fsp3) is 0.933. The van der Waals surface area contributed by atoms with E-state index in [1.54, 1.807) is 0 Å². The number of rotatable bonds is 4.